The topological polar surface area (TPSA) is 102 Å². The predicted molar refractivity (Wildman–Crippen MR) is 98.0 cm³/mol. The van der Waals surface area contributed by atoms with Crippen molar-refractivity contribution in [3.8, 4) is 0 Å². The van der Waals surface area contributed by atoms with E-state index in [-0.39, 0.29) is 15.6 Å². The van der Waals surface area contributed by atoms with E-state index in [0.717, 1.165) is 18.2 Å². The Morgan fingerprint density at radius 2 is 1.85 bits per heavy atom. The molecule has 0 aliphatic carbocycles. The summed E-state index contributed by atoms with van der Waals surface area (Å²) in [6.45, 7) is -0.736. The summed E-state index contributed by atoms with van der Waals surface area (Å²) in [5, 5.41) is 2.95. The molecule has 2 N–H and O–H groups in total. The number of benzene rings is 2. The van der Waals surface area contributed by atoms with Crippen molar-refractivity contribution in [1.82, 2.24) is 4.72 Å². The first-order valence-corrected chi connectivity index (χ1v) is 9.53. The van der Waals surface area contributed by atoms with E-state index in [4.69, 9.17) is 27.9 Å². The normalized spacial score (nSPS) is 11.1. The molecule has 144 valence electrons. The zero-order valence-corrected chi connectivity index (χ0v) is 16.1. The monoisotopic (exact) mass is 434 g/mol. The van der Waals surface area contributed by atoms with E-state index in [1.165, 1.54) is 25.2 Å². The number of rotatable bonds is 6. The van der Waals surface area contributed by atoms with Crippen LogP contribution in [0.4, 0.5) is 10.1 Å². The van der Waals surface area contributed by atoms with Crippen molar-refractivity contribution < 1.29 is 27.1 Å². The first-order valence-electron chi connectivity index (χ1n) is 7.29. The lowest BCUT2D eigenvalue weighted by Crippen LogP contribution is -2.22. The maximum Gasteiger partial charge on any atom is 0.341 e. The van der Waals surface area contributed by atoms with Gasteiger partial charge >= 0.3 is 5.97 Å². The van der Waals surface area contributed by atoms with Gasteiger partial charge in [-0.15, -0.1) is 0 Å². The fourth-order valence-electron chi connectivity index (χ4n) is 1.93. The number of sulfonamides is 1. The number of amides is 1. The SMILES string of the molecule is CNS(=O)(=O)c1ccc(F)c(C(=O)OCC(=O)Nc2ccc(Cl)cc2Cl)c1. The summed E-state index contributed by atoms with van der Waals surface area (Å²) in [6, 6.07) is 6.99. The molecule has 27 heavy (non-hydrogen) atoms. The molecule has 0 spiro atoms. The highest BCUT2D eigenvalue weighted by Crippen LogP contribution is 2.25. The summed E-state index contributed by atoms with van der Waals surface area (Å²) in [7, 11) is -2.71. The van der Waals surface area contributed by atoms with Crippen LogP contribution >= 0.6 is 23.2 Å². The van der Waals surface area contributed by atoms with Crippen molar-refractivity contribution in [2.45, 2.75) is 4.90 Å². The zero-order valence-electron chi connectivity index (χ0n) is 13.8. The molecule has 2 rings (SSSR count). The predicted octanol–water partition coefficient (Wildman–Crippen LogP) is 2.84. The van der Waals surface area contributed by atoms with Crippen LogP contribution in [-0.4, -0.2) is 33.9 Å². The molecule has 0 aliphatic rings. The lowest BCUT2D eigenvalue weighted by Gasteiger charge is -2.09. The molecular weight excluding hydrogens is 422 g/mol. The van der Waals surface area contributed by atoms with Crippen molar-refractivity contribution in [2.75, 3.05) is 19.0 Å². The molecular formula is C16H13Cl2FN2O5S. The fraction of sp³-hybridized carbons (Fsp3) is 0.125. The Bertz CT molecular complexity index is 998. The van der Waals surface area contributed by atoms with Crippen molar-refractivity contribution in [1.29, 1.82) is 0 Å². The second kappa shape index (κ2) is 8.66. The number of ether oxygens (including phenoxy) is 1. The standard InChI is InChI=1S/C16H13Cl2FN2O5S/c1-20-27(24,25)10-3-4-13(19)11(7-10)16(23)26-8-15(22)21-14-5-2-9(17)6-12(14)18/h2-7,20H,8H2,1H3,(H,21,22). The molecule has 0 saturated heterocycles. The third kappa shape index (κ3) is 5.39. The van der Waals surface area contributed by atoms with Crippen LogP contribution in [0.3, 0.4) is 0 Å². The van der Waals surface area contributed by atoms with E-state index in [9.17, 15) is 22.4 Å². The number of esters is 1. The Morgan fingerprint density at radius 1 is 1.15 bits per heavy atom. The smallest absolute Gasteiger partial charge is 0.341 e. The van der Waals surface area contributed by atoms with Gasteiger partial charge in [-0.25, -0.2) is 22.3 Å². The van der Waals surface area contributed by atoms with Gasteiger partial charge < -0.3 is 10.1 Å². The first-order chi connectivity index (χ1) is 12.6. The van der Waals surface area contributed by atoms with E-state index < -0.39 is 39.9 Å². The number of halogens is 3. The molecule has 0 saturated carbocycles. The maximum atomic E-state index is 13.8. The highest BCUT2D eigenvalue weighted by atomic mass is 35.5. The molecule has 0 unspecified atom stereocenters. The number of hydrogen-bond acceptors (Lipinski definition) is 5. The van der Waals surface area contributed by atoms with Crippen LogP contribution < -0.4 is 10.0 Å². The largest absolute Gasteiger partial charge is 0.452 e. The lowest BCUT2D eigenvalue weighted by atomic mass is 10.2. The van der Waals surface area contributed by atoms with E-state index in [0.29, 0.717) is 5.02 Å². The van der Waals surface area contributed by atoms with Gasteiger partial charge in [-0.3, -0.25) is 4.79 Å². The molecule has 0 aromatic heterocycles. The van der Waals surface area contributed by atoms with Gasteiger partial charge in [-0.1, -0.05) is 23.2 Å². The van der Waals surface area contributed by atoms with E-state index in [2.05, 4.69) is 5.32 Å². The summed E-state index contributed by atoms with van der Waals surface area (Å²) in [4.78, 5) is 23.5. The van der Waals surface area contributed by atoms with Crippen LogP contribution in [0, 0.1) is 5.82 Å². The van der Waals surface area contributed by atoms with E-state index in [1.807, 2.05) is 4.72 Å². The molecule has 2 aromatic carbocycles. The van der Waals surface area contributed by atoms with Gasteiger partial charge in [0.05, 0.1) is 21.2 Å². The summed E-state index contributed by atoms with van der Waals surface area (Å²) < 4.78 is 44.1. The molecule has 0 heterocycles. The Labute approximate surface area is 164 Å². The Hall–Kier alpha value is -2.20. The lowest BCUT2D eigenvalue weighted by molar-refractivity contribution is -0.119. The minimum absolute atomic E-state index is 0.179. The third-order valence-corrected chi connectivity index (χ3v) is 5.24. The molecule has 7 nitrogen and oxygen atoms in total. The van der Waals surface area contributed by atoms with Crippen molar-refractivity contribution >= 4 is 50.8 Å². The van der Waals surface area contributed by atoms with Crippen LogP contribution in [0.2, 0.25) is 10.0 Å². The summed E-state index contributed by atoms with van der Waals surface area (Å²) in [6.07, 6.45) is 0. The van der Waals surface area contributed by atoms with Crippen LogP contribution in [0.25, 0.3) is 0 Å². The molecule has 0 radical (unpaired) electrons. The quantitative estimate of drug-likeness (QED) is 0.680. The average Bonchev–Trinajstić information content (AvgIpc) is 2.62. The Morgan fingerprint density at radius 3 is 2.48 bits per heavy atom. The Balaban J connectivity index is 2.07. The number of nitrogens with one attached hydrogen (secondary N) is 2. The highest BCUT2D eigenvalue weighted by Gasteiger charge is 2.20. The summed E-state index contributed by atoms with van der Waals surface area (Å²) in [5.41, 5.74) is -0.376. The summed E-state index contributed by atoms with van der Waals surface area (Å²) in [5.74, 6) is -2.92. The van der Waals surface area contributed by atoms with Gasteiger partial charge in [-0.05, 0) is 43.4 Å². The third-order valence-electron chi connectivity index (χ3n) is 3.28. The van der Waals surface area contributed by atoms with E-state index >= 15 is 0 Å². The van der Waals surface area contributed by atoms with Crippen LogP contribution in [0.15, 0.2) is 41.3 Å². The van der Waals surface area contributed by atoms with Gasteiger partial charge in [0.25, 0.3) is 5.91 Å². The fourth-order valence-corrected chi connectivity index (χ4v) is 3.14. The molecule has 11 heteroatoms. The zero-order chi connectivity index (χ0) is 20.2. The molecule has 0 aliphatic heterocycles. The van der Waals surface area contributed by atoms with Crippen LogP contribution in [0.5, 0.6) is 0 Å². The number of anilines is 1. The maximum absolute atomic E-state index is 13.8. The van der Waals surface area contributed by atoms with Gasteiger partial charge in [0.15, 0.2) is 6.61 Å². The second-order valence-electron chi connectivity index (χ2n) is 5.10. The van der Waals surface area contributed by atoms with Crippen LogP contribution in [-0.2, 0) is 19.6 Å². The van der Waals surface area contributed by atoms with Gasteiger partial charge in [0, 0.05) is 5.02 Å². The van der Waals surface area contributed by atoms with Gasteiger partial charge in [-0.2, -0.15) is 0 Å². The molecule has 0 atom stereocenters. The summed E-state index contributed by atoms with van der Waals surface area (Å²) >= 11 is 11.7. The molecule has 1 amide bonds. The second-order valence-corrected chi connectivity index (χ2v) is 7.83. The average molecular weight is 435 g/mol. The highest BCUT2D eigenvalue weighted by molar-refractivity contribution is 7.89. The first kappa shape index (κ1) is 21.1. The number of carbonyl (C=O) groups excluding carboxylic acids is 2. The molecule has 2 aromatic rings. The minimum Gasteiger partial charge on any atom is -0.452 e. The van der Waals surface area contributed by atoms with Crippen molar-refractivity contribution in [3.63, 3.8) is 0 Å². The number of hydrogen-bond donors (Lipinski definition) is 2. The van der Waals surface area contributed by atoms with Gasteiger partial charge in [0.1, 0.15) is 5.82 Å². The minimum atomic E-state index is -3.88. The van der Waals surface area contributed by atoms with Gasteiger partial charge in [0.2, 0.25) is 10.0 Å². The van der Waals surface area contributed by atoms with E-state index in [1.54, 1.807) is 0 Å². The number of carbonyl (C=O) groups is 2. The molecule has 0 bridgehead atoms. The van der Waals surface area contributed by atoms with Crippen LogP contribution in [0.1, 0.15) is 10.4 Å². The Kier molecular flexibility index (Phi) is 6.77. The van der Waals surface area contributed by atoms with Crippen molar-refractivity contribution in [2.24, 2.45) is 0 Å². The molecule has 0 fully saturated rings. The van der Waals surface area contributed by atoms with Crippen molar-refractivity contribution in [3.05, 3.63) is 57.8 Å².